The predicted molar refractivity (Wildman–Crippen MR) is 358 cm³/mol. The maximum absolute atomic E-state index is 13.5. The summed E-state index contributed by atoms with van der Waals surface area (Å²) in [6.07, 6.45) is 3.14. The summed E-state index contributed by atoms with van der Waals surface area (Å²) in [6, 6.07) is 24.7. The summed E-state index contributed by atoms with van der Waals surface area (Å²) < 4.78 is 84.7. The Morgan fingerprint density at radius 1 is 0.543 bits per heavy atom. The van der Waals surface area contributed by atoms with Crippen molar-refractivity contribution < 1.29 is 45.4 Å². The number of benzene rings is 4. The number of nitrogens with zero attached hydrogens (tertiary/aromatic N) is 6. The molecule has 2 aliphatic carbocycles. The number of piperazine rings is 2. The van der Waals surface area contributed by atoms with Crippen LogP contribution in [0, 0.1) is 22.7 Å². The van der Waals surface area contributed by atoms with Crippen molar-refractivity contribution in [1.29, 1.82) is 10.5 Å². The maximum atomic E-state index is 13.5. The minimum absolute atomic E-state index is 0.0273. The second-order valence-corrected chi connectivity index (χ2v) is 30.1. The van der Waals surface area contributed by atoms with Crippen LogP contribution in [0.3, 0.4) is 0 Å². The Morgan fingerprint density at radius 3 is 1.29 bits per heavy atom. The van der Waals surface area contributed by atoms with Gasteiger partial charge in [0.15, 0.2) is 0 Å². The van der Waals surface area contributed by atoms with Crippen LogP contribution in [-0.4, -0.2) is 215 Å². The minimum atomic E-state index is -3.82. The molecule has 94 heavy (non-hydrogen) atoms. The molecule has 4 amide bonds. The Balaban J connectivity index is 0.529. The first-order valence-electron chi connectivity index (χ1n) is 32.9. The van der Waals surface area contributed by atoms with Gasteiger partial charge in [0.1, 0.15) is 23.7 Å². The van der Waals surface area contributed by atoms with E-state index in [4.69, 9.17) is 42.1 Å². The van der Waals surface area contributed by atoms with Gasteiger partial charge in [-0.2, -0.15) is 10.5 Å². The minimum Gasteiger partial charge on any atom is -0.484 e. The van der Waals surface area contributed by atoms with Gasteiger partial charge < -0.3 is 50.8 Å². The lowest BCUT2D eigenvalue weighted by atomic mass is 10.0. The summed E-state index contributed by atoms with van der Waals surface area (Å²) in [5.41, 5.74) is 4.73. The molecule has 0 bridgehead atoms. The lowest BCUT2D eigenvalue weighted by Gasteiger charge is -2.41. The third kappa shape index (κ3) is 19.0. The summed E-state index contributed by atoms with van der Waals surface area (Å²) in [4.78, 5) is 34.1. The molecular weight excluding hydrogens is 1280 g/mol. The molecular formula is C66H90Cl2N14O10S2. The smallest absolute Gasteiger partial charge is 0.314 e. The Kier molecular flexibility index (Phi) is 24.8. The van der Waals surface area contributed by atoms with Crippen LogP contribution in [-0.2, 0) is 42.4 Å². The highest BCUT2D eigenvalue weighted by Crippen LogP contribution is 2.44. The van der Waals surface area contributed by atoms with Crippen molar-refractivity contribution in [3.63, 3.8) is 0 Å². The molecule has 0 radical (unpaired) electrons. The Morgan fingerprint density at radius 2 is 0.915 bits per heavy atom. The van der Waals surface area contributed by atoms with Crippen LogP contribution < -0.4 is 50.8 Å². The zero-order valence-electron chi connectivity index (χ0n) is 54.0. The van der Waals surface area contributed by atoms with Gasteiger partial charge in [-0.1, -0.05) is 23.2 Å². The Labute approximate surface area is 563 Å². The average Bonchev–Trinajstić information content (AvgIpc) is 1.61. The number of amides is 4. The second kappa shape index (κ2) is 32.9. The van der Waals surface area contributed by atoms with Gasteiger partial charge in [-0.3, -0.25) is 19.6 Å². The van der Waals surface area contributed by atoms with Gasteiger partial charge in [-0.15, -0.1) is 0 Å². The number of carbonyl (C=O) groups is 2. The van der Waals surface area contributed by atoms with Crippen molar-refractivity contribution in [2.24, 2.45) is 0 Å². The molecule has 28 heteroatoms. The van der Waals surface area contributed by atoms with E-state index in [1.54, 1.807) is 60.7 Å². The van der Waals surface area contributed by atoms with Gasteiger partial charge in [0.25, 0.3) is 0 Å². The van der Waals surface area contributed by atoms with E-state index in [1.165, 1.54) is 0 Å². The van der Waals surface area contributed by atoms with E-state index in [1.807, 2.05) is 12.1 Å². The van der Waals surface area contributed by atoms with E-state index in [0.29, 0.717) is 163 Å². The van der Waals surface area contributed by atoms with Crippen molar-refractivity contribution in [2.45, 2.75) is 137 Å². The Hall–Kier alpha value is -5.92. The zero-order valence-corrected chi connectivity index (χ0v) is 57.2. The van der Waals surface area contributed by atoms with E-state index in [0.717, 1.165) is 48.4 Å². The topological polar surface area (TPSA) is 296 Å². The molecule has 4 aromatic carbocycles. The number of ether oxygens (including phenoxy) is 4. The van der Waals surface area contributed by atoms with E-state index in [9.17, 15) is 36.9 Å². The summed E-state index contributed by atoms with van der Waals surface area (Å²) in [5.74, 6) is 1.05. The normalized spacial score (nSPS) is 25.1. The lowest BCUT2D eigenvalue weighted by molar-refractivity contribution is 0.0479. The molecule has 4 aliphatic heterocycles. The summed E-state index contributed by atoms with van der Waals surface area (Å²) in [7, 11) is -7.63. The van der Waals surface area contributed by atoms with Crippen LogP contribution in [0.2, 0.25) is 10.0 Å². The number of rotatable bonds is 29. The molecule has 10 atom stereocenters. The van der Waals surface area contributed by atoms with Gasteiger partial charge in [-0.25, -0.2) is 35.9 Å². The number of carbonyl (C=O) groups excluding carboxylic acids is 2. The third-order valence-electron chi connectivity index (χ3n) is 18.3. The van der Waals surface area contributed by atoms with Crippen LogP contribution >= 0.6 is 23.2 Å². The molecule has 24 nitrogen and oxygen atoms in total. The number of sulfonamides is 2. The lowest BCUT2D eigenvalue weighted by Crippen LogP contribution is -2.58. The van der Waals surface area contributed by atoms with Gasteiger partial charge in [0.05, 0.1) is 71.6 Å². The van der Waals surface area contributed by atoms with Crippen molar-refractivity contribution in [3.8, 4) is 23.6 Å². The van der Waals surface area contributed by atoms with Gasteiger partial charge in [0, 0.05) is 125 Å². The zero-order chi connectivity index (χ0) is 66.5. The van der Waals surface area contributed by atoms with Crippen LogP contribution in [0.1, 0.15) is 99.0 Å². The van der Waals surface area contributed by atoms with E-state index in [-0.39, 0.29) is 70.2 Å². The predicted octanol–water partition coefficient (Wildman–Crippen LogP) is 5.01. The molecule has 0 saturated carbocycles. The molecule has 0 aromatic heterocycles. The largest absolute Gasteiger partial charge is 0.484 e. The monoisotopic (exact) mass is 1370 g/mol. The van der Waals surface area contributed by atoms with Crippen LogP contribution in [0.5, 0.6) is 11.5 Å². The highest BCUT2D eigenvalue weighted by atomic mass is 35.5. The molecule has 4 aromatic rings. The molecule has 0 unspecified atom stereocenters. The fourth-order valence-electron chi connectivity index (χ4n) is 14.1. The van der Waals surface area contributed by atoms with Gasteiger partial charge in [-0.05, 0) is 174 Å². The summed E-state index contributed by atoms with van der Waals surface area (Å²) in [5, 5.41) is 39.2. The molecule has 4 saturated heterocycles. The molecule has 510 valence electrons. The molecule has 6 aliphatic rings. The first kappa shape index (κ1) is 70.9. The van der Waals surface area contributed by atoms with Crippen LogP contribution in [0.15, 0.2) is 82.6 Å². The highest BCUT2D eigenvalue weighted by molar-refractivity contribution is 7.89. The maximum Gasteiger partial charge on any atom is 0.314 e. The van der Waals surface area contributed by atoms with Crippen LogP contribution in [0.25, 0.3) is 0 Å². The average molecular weight is 1370 g/mol. The third-order valence-corrected chi connectivity index (χ3v) is 21.8. The fourth-order valence-corrected chi connectivity index (χ4v) is 17.1. The van der Waals surface area contributed by atoms with Crippen molar-refractivity contribution in [1.82, 2.24) is 60.9 Å². The van der Waals surface area contributed by atoms with E-state index >= 15 is 0 Å². The second-order valence-electron chi connectivity index (χ2n) is 25.8. The number of hydrogen-bond acceptors (Lipinski definition) is 18. The number of nitriles is 2. The quantitative estimate of drug-likeness (QED) is 0.0332. The van der Waals surface area contributed by atoms with Crippen molar-refractivity contribution in [3.05, 3.63) is 116 Å². The SMILES string of the molecule is C[C@@H]1CN([C@H]2Cc3c(C#N)cc(Cl)cc3[C@@H]2Oc2ccc(S(=O)(=O)N[C@H]3CCN(CCOCCNC(=O)NCCCCNC(=O)NCCOCCN4CC[C@H](NS(=O)(=O)c5ccc(O[C@H]6c7cc(Cl)cc(C#N)c7C[C@@H]6N6C[C@@H](C)N[C@@H](C)C6)cc5)C4)C3)cc2)C[C@H](C)N1. The van der Waals surface area contributed by atoms with Crippen molar-refractivity contribution >= 4 is 55.3 Å². The number of fused-ring (bicyclic) bond motifs is 2. The standard InChI is InChI=1S/C66H90Cl2N14O10S2/c1-43-37-81(38-44(2)75-43)61-33-57-47(35-69)29-49(67)31-59(57)63(61)91-53-7-11-55(12-8-53)93(85,86)77-51-15-21-79(41-51)23-27-89-25-19-73-65(83)71-17-5-6-18-72-66(84)74-20-26-90-28-24-80-22-16-52(42-80)78-94(87,88)56-13-9-54(10-14-56)92-64-60-32-50(68)30-48(36-70)58(60)34-62(64)82-39-45(3)76-46(4)40-82/h7-14,29-32,43-46,51-52,61-64,75-78H,5-6,15-28,33-34,37-42H2,1-4H3,(H2,71,73,83)(H2,72,74,84)/t43-,44+,45-,46+,51-,52-,61-,62-,63-,64-/m0/s1. The molecule has 4 fully saturated rings. The number of unbranched alkanes of at least 4 members (excludes halogenated alkanes) is 1. The van der Waals surface area contributed by atoms with Gasteiger partial charge >= 0.3 is 12.1 Å². The van der Waals surface area contributed by atoms with Gasteiger partial charge in [0.2, 0.25) is 20.0 Å². The fraction of sp³-hybridized carbons (Fsp3) is 0.576. The number of halogens is 2. The Bertz CT molecular complexity index is 3320. The van der Waals surface area contributed by atoms with E-state index < -0.39 is 32.3 Å². The van der Waals surface area contributed by atoms with Crippen molar-refractivity contribution in [2.75, 3.05) is 118 Å². The first-order valence-corrected chi connectivity index (χ1v) is 36.6. The summed E-state index contributed by atoms with van der Waals surface area (Å²) in [6.45, 7) is 18.7. The molecule has 4 heterocycles. The highest BCUT2D eigenvalue weighted by Gasteiger charge is 2.44. The molecule has 8 N–H and O–H groups in total. The first-order chi connectivity index (χ1) is 45.2. The van der Waals surface area contributed by atoms with E-state index in [2.05, 4.69) is 101 Å². The number of nitrogens with one attached hydrogen (secondary N) is 8. The molecule has 10 rings (SSSR count). The number of urea groups is 2. The summed E-state index contributed by atoms with van der Waals surface area (Å²) >= 11 is 13.0. The number of hydrogen-bond donors (Lipinski definition) is 8. The van der Waals surface area contributed by atoms with Crippen LogP contribution in [0.4, 0.5) is 9.59 Å². The number of likely N-dealkylation sites (tertiary alicyclic amines) is 2. The molecule has 0 spiro atoms.